The minimum Gasteiger partial charge on any atom is -0.299 e. The fourth-order valence-corrected chi connectivity index (χ4v) is 7.97. The fourth-order valence-electron chi connectivity index (χ4n) is 7.97. The Morgan fingerprint density at radius 2 is 0.864 bits per heavy atom. The van der Waals surface area contributed by atoms with Crippen molar-refractivity contribution in [1.29, 1.82) is 0 Å². The van der Waals surface area contributed by atoms with Crippen molar-refractivity contribution in [3.8, 4) is 0 Å². The summed E-state index contributed by atoms with van der Waals surface area (Å²) >= 11 is 0. The molecular formula is C20H20O2. The second-order valence-corrected chi connectivity index (χ2v) is 9.25. The normalized spacial score (nSPS) is 58.7. The van der Waals surface area contributed by atoms with Crippen molar-refractivity contribution in [2.75, 3.05) is 0 Å². The molecule has 0 unspecified atom stereocenters. The van der Waals surface area contributed by atoms with Crippen molar-refractivity contribution < 1.29 is 9.59 Å². The van der Waals surface area contributed by atoms with Crippen LogP contribution in [0.5, 0.6) is 0 Å². The van der Waals surface area contributed by atoms with Gasteiger partial charge in [0.2, 0.25) is 0 Å². The van der Waals surface area contributed by atoms with E-state index in [0.717, 1.165) is 0 Å². The monoisotopic (exact) mass is 292 g/mol. The van der Waals surface area contributed by atoms with E-state index in [0.29, 0.717) is 46.1 Å². The zero-order valence-electron chi connectivity index (χ0n) is 12.6. The highest BCUT2D eigenvalue weighted by Crippen LogP contribution is 2.78. The first-order valence-corrected chi connectivity index (χ1v) is 9.13. The van der Waals surface area contributed by atoms with E-state index >= 15 is 0 Å². The molecule has 0 aromatic carbocycles. The summed E-state index contributed by atoms with van der Waals surface area (Å²) in [5.74, 6) is 2.78. The number of hydrogen-bond acceptors (Lipinski definition) is 2. The quantitative estimate of drug-likeness (QED) is 0.643. The Balaban J connectivity index is 1.41. The van der Waals surface area contributed by atoms with Crippen LogP contribution >= 0.6 is 0 Å². The number of rotatable bonds is 0. The summed E-state index contributed by atoms with van der Waals surface area (Å²) in [6, 6.07) is 0. The standard InChI is InChI=1S/C20H20O2/c21-17-13-9-1-2-10(19(9)5-6-19)14(13)18(22)16-12-4-3-11(15(16)17)20(12)7-8-20/h1-4,9-16H,5-8H2/t9-,10-,11-,12-,13-,14+,15+,16-/m0/s1. The van der Waals surface area contributed by atoms with Crippen LogP contribution in [0.25, 0.3) is 0 Å². The molecule has 7 rings (SSSR count). The van der Waals surface area contributed by atoms with Crippen molar-refractivity contribution in [2.24, 2.45) is 58.2 Å². The molecule has 22 heavy (non-hydrogen) atoms. The molecule has 0 radical (unpaired) electrons. The predicted octanol–water partition coefficient (Wildman–Crippen LogP) is 2.80. The van der Waals surface area contributed by atoms with E-state index < -0.39 is 0 Å². The predicted molar refractivity (Wildman–Crippen MR) is 79.5 cm³/mol. The number of allylic oxidation sites excluding steroid dienone is 4. The van der Waals surface area contributed by atoms with E-state index in [2.05, 4.69) is 24.3 Å². The summed E-state index contributed by atoms with van der Waals surface area (Å²) in [5, 5.41) is 0. The zero-order chi connectivity index (χ0) is 14.4. The number of carbonyl (C=O) groups excluding carboxylic acids is 2. The SMILES string of the molecule is O=C1[C@@H]2[C@H](C(=O)[C@@H]3[C@H]1[C@@H]1C=C[C@@H]3C13CC3)[C@@H]1C=C[C@@H]2C12CC2. The van der Waals surface area contributed by atoms with Crippen molar-refractivity contribution in [3.05, 3.63) is 24.3 Å². The van der Waals surface area contributed by atoms with Gasteiger partial charge in [0.1, 0.15) is 11.6 Å². The highest BCUT2D eigenvalue weighted by Gasteiger charge is 2.78. The van der Waals surface area contributed by atoms with E-state index in [9.17, 15) is 9.59 Å². The largest absolute Gasteiger partial charge is 0.299 e. The average molecular weight is 292 g/mol. The second-order valence-electron chi connectivity index (χ2n) is 9.25. The molecule has 0 heterocycles. The second kappa shape index (κ2) is 2.95. The maximum absolute atomic E-state index is 13.4. The van der Waals surface area contributed by atoms with Crippen LogP contribution in [0.1, 0.15) is 25.7 Å². The van der Waals surface area contributed by atoms with Gasteiger partial charge in [0.25, 0.3) is 0 Å². The Labute approximate surface area is 130 Å². The van der Waals surface area contributed by atoms with Gasteiger partial charge in [0.15, 0.2) is 0 Å². The topological polar surface area (TPSA) is 34.1 Å². The van der Waals surface area contributed by atoms with Crippen LogP contribution in [0, 0.1) is 58.2 Å². The number of hydrogen-bond donors (Lipinski definition) is 0. The van der Waals surface area contributed by atoms with Crippen LogP contribution in [0.4, 0.5) is 0 Å². The molecule has 8 atom stereocenters. The first-order valence-electron chi connectivity index (χ1n) is 9.13. The van der Waals surface area contributed by atoms with E-state index in [1.807, 2.05) is 0 Å². The van der Waals surface area contributed by atoms with Gasteiger partial charge in [-0.2, -0.15) is 0 Å². The number of carbonyl (C=O) groups is 2. The van der Waals surface area contributed by atoms with E-state index in [1.165, 1.54) is 25.7 Å². The molecule has 7 aliphatic carbocycles. The van der Waals surface area contributed by atoms with Crippen LogP contribution in [0.2, 0.25) is 0 Å². The molecule has 0 amide bonds. The Morgan fingerprint density at radius 1 is 0.591 bits per heavy atom. The molecule has 5 fully saturated rings. The minimum absolute atomic E-state index is 0.0507. The summed E-state index contributed by atoms with van der Waals surface area (Å²) < 4.78 is 0. The lowest BCUT2D eigenvalue weighted by Crippen LogP contribution is -2.50. The maximum atomic E-state index is 13.4. The van der Waals surface area contributed by atoms with E-state index in [-0.39, 0.29) is 23.7 Å². The number of Topliss-reactive ketones (excluding diaryl/α,β-unsaturated/α-hetero) is 2. The van der Waals surface area contributed by atoms with Gasteiger partial charge in [-0.25, -0.2) is 0 Å². The van der Waals surface area contributed by atoms with Gasteiger partial charge in [-0.15, -0.1) is 0 Å². The zero-order valence-corrected chi connectivity index (χ0v) is 12.6. The molecule has 0 saturated heterocycles. The molecule has 2 heteroatoms. The third-order valence-corrected chi connectivity index (χ3v) is 9.00. The smallest absolute Gasteiger partial charge is 0.141 e. The third kappa shape index (κ3) is 0.871. The lowest BCUT2D eigenvalue weighted by Gasteiger charge is -2.40. The van der Waals surface area contributed by atoms with Gasteiger partial charge >= 0.3 is 0 Å². The van der Waals surface area contributed by atoms with E-state index in [4.69, 9.17) is 0 Å². The Kier molecular flexibility index (Phi) is 1.52. The van der Waals surface area contributed by atoms with Crippen LogP contribution in [0.3, 0.4) is 0 Å². The number of fused-ring (bicyclic) bond motifs is 6. The Hall–Kier alpha value is -1.18. The summed E-state index contributed by atoms with van der Waals surface area (Å²) in [6.07, 6.45) is 14.2. The first-order chi connectivity index (χ1) is 10.7. The lowest BCUT2D eigenvalue weighted by atomic mass is 9.60. The molecule has 2 nitrogen and oxygen atoms in total. The van der Waals surface area contributed by atoms with Crippen LogP contribution in [0.15, 0.2) is 24.3 Å². The maximum Gasteiger partial charge on any atom is 0.141 e. The van der Waals surface area contributed by atoms with Gasteiger partial charge in [-0.05, 0) is 60.2 Å². The lowest BCUT2D eigenvalue weighted by molar-refractivity contribution is -0.148. The van der Waals surface area contributed by atoms with Gasteiger partial charge in [-0.3, -0.25) is 9.59 Å². The van der Waals surface area contributed by atoms with Gasteiger partial charge in [-0.1, -0.05) is 24.3 Å². The molecule has 0 aromatic heterocycles. The molecule has 0 N–H and O–H groups in total. The molecule has 4 bridgehead atoms. The molecule has 2 spiro atoms. The van der Waals surface area contributed by atoms with Crippen molar-refractivity contribution in [1.82, 2.24) is 0 Å². The summed E-state index contributed by atoms with van der Waals surface area (Å²) in [4.78, 5) is 26.8. The Bertz CT molecular complexity index is 610. The van der Waals surface area contributed by atoms with Crippen LogP contribution in [-0.4, -0.2) is 11.6 Å². The molecular weight excluding hydrogens is 272 g/mol. The van der Waals surface area contributed by atoms with Gasteiger partial charge in [0.05, 0.1) is 0 Å². The summed E-state index contributed by atoms with van der Waals surface area (Å²) in [6.45, 7) is 0. The number of ketones is 2. The first kappa shape index (κ1) is 11.4. The fraction of sp³-hybridized carbons (Fsp3) is 0.700. The van der Waals surface area contributed by atoms with Crippen molar-refractivity contribution >= 4 is 11.6 Å². The molecule has 0 aliphatic heterocycles. The highest BCUT2D eigenvalue weighted by molar-refractivity contribution is 6.03. The summed E-state index contributed by atoms with van der Waals surface area (Å²) in [7, 11) is 0. The van der Waals surface area contributed by atoms with Crippen LogP contribution < -0.4 is 0 Å². The third-order valence-electron chi connectivity index (χ3n) is 9.00. The summed E-state index contributed by atoms with van der Waals surface area (Å²) in [5.41, 5.74) is 0.673. The highest BCUT2D eigenvalue weighted by atomic mass is 16.1. The molecule has 5 saturated carbocycles. The van der Waals surface area contributed by atoms with Gasteiger partial charge in [0, 0.05) is 23.7 Å². The molecule has 7 aliphatic rings. The van der Waals surface area contributed by atoms with Crippen molar-refractivity contribution in [3.63, 3.8) is 0 Å². The molecule has 112 valence electrons. The Morgan fingerprint density at radius 3 is 1.09 bits per heavy atom. The average Bonchev–Trinajstić information content (AvgIpc) is 3.37. The van der Waals surface area contributed by atoms with Gasteiger partial charge < -0.3 is 0 Å². The van der Waals surface area contributed by atoms with E-state index in [1.54, 1.807) is 0 Å². The van der Waals surface area contributed by atoms with Crippen molar-refractivity contribution in [2.45, 2.75) is 25.7 Å². The minimum atomic E-state index is 0.0507. The van der Waals surface area contributed by atoms with Crippen LogP contribution in [-0.2, 0) is 9.59 Å². The molecule has 0 aromatic rings.